The summed E-state index contributed by atoms with van der Waals surface area (Å²) in [6.45, 7) is 6.77. The third-order valence-electron chi connectivity index (χ3n) is 2.70. The number of rotatable bonds is 7. The molecule has 0 aliphatic carbocycles. The fourth-order valence-corrected chi connectivity index (χ4v) is 1.58. The molecule has 0 bridgehead atoms. The lowest BCUT2D eigenvalue weighted by molar-refractivity contribution is -0.119. The van der Waals surface area contributed by atoms with E-state index >= 15 is 0 Å². The summed E-state index contributed by atoms with van der Waals surface area (Å²) in [6.07, 6.45) is 3.02. The summed E-state index contributed by atoms with van der Waals surface area (Å²) >= 11 is 5.45. The largest absolute Gasteiger partial charge is 0.324 e. The van der Waals surface area contributed by atoms with Gasteiger partial charge in [0, 0.05) is 24.9 Å². The van der Waals surface area contributed by atoms with Crippen LogP contribution in [0.25, 0.3) is 0 Å². The van der Waals surface area contributed by atoms with Crippen molar-refractivity contribution < 1.29 is 9.59 Å². The normalized spacial score (nSPS) is 12.0. The summed E-state index contributed by atoms with van der Waals surface area (Å²) in [5, 5.41) is 2.37. The molecule has 0 aromatic carbocycles. The van der Waals surface area contributed by atoms with Crippen molar-refractivity contribution in [3.8, 4) is 0 Å². The molecule has 1 atom stereocenters. The second-order valence-electron chi connectivity index (χ2n) is 4.10. The molecule has 0 aliphatic heterocycles. The second kappa shape index (κ2) is 9.28. The third kappa shape index (κ3) is 6.51. The van der Waals surface area contributed by atoms with Crippen LogP contribution in [0, 0.1) is 0 Å². The van der Waals surface area contributed by atoms with Crippen molar-refractivity contribution in [2.75, 3.05) is 12.4 Å². The third-order valence-corrected chi connectivity index (χ3v) is 2.89. The van der Waals surface area contributed by atoms with Gasteiger partial charge < -0.3 is 4.90 Å². The molecule has 0 heterocycles. The fraction of sp³-hybridized carbons (Fsp3) is 0.833. The van der Waals surface area contributed by atoms with Crippen molar-refractivity contribution >= 4 is 23.5 Å². The maximum Gasteiger partial charge on any atom is 0.324 e. The Labute approximate surface area is 109 Å². The van der Waals surface area contributed by atoms with Gasteiger partial charge in [-0.25, -0.2) is 4.79 Å². The summed E-state index contributed by atoms with van der Waals surface area (Å²) in [5.41, 5.74) is 0. The van der Waals surface area contributed by atoms with Crippen LogP contribution in [0.15, 0.2) is 0 Å². The molecule has 0 aromatic rings. The molecule has 17 heavy (non-hydrogen) atoms. The van der Waals surface area contributed by atoms with E-state index in [1.165, 1.54) is 0 Å². The van der Waals surface area contributed by atoms with E-state index in [2.05, 4.69) is 12.2 Å². The quantitative estimate of drug-likeness (QED) is 0.717. The van der Waals surface area contributed by atoms with Gasteiger partial charge in [0.1, 0.15) is 0 Å². The number of hydrogen-bond acceptors (Lipinski definition) is 2. The molecule has 0 fully saturated rings. The van der Waals surface area contributed by atoms with Gasteiger partial charge in [-0.05, 0) is 19.8 Å². The lowest BCUT2D eigenvalue weighted by atomic mass is 10.2. The Morgan fingerprint density at radius 1 is 1.35 bits per heavy atom. The van der Waals surface area contributed by atoms with Crippen LogP contribution in [-0.2, 0) is 4.79 Å². The monoisotopic (exact) mass is 262 g/mol. The van der Waals surface area contributed by atoms with Crippen LogP contribution in [0.5, 0.6) is 0 Å². The van der Waals surface area contributed by atoms with Crippen molar-refractivity contribution in [2.45, 2.75) is 52.5 Å². The molecule has 5 heteroatoms. The number of amides is 3. The van der Waals surface area contributed by atoms with Crippen molar-refractivity contribution in [3.63, 3.8) is 0 Å². The number of urea groups is 1. The summed E-state index contributed by atoms with van der Waals surface area (Å²) < 4.78 is 0. The van der Waals surface area contributed by atoms with Gasteiger partial charge in [-0.1, -0.05) is 20.3 Å². The number of carbonyl (C=O) groups is 2. The van der Waals surface area contributed by atoms with Gasteiger partial charge in [0.2, 0.25) is 5.91 Å². The highest BCUT2D eigenvalue weighted by molar-refractivity contribution is 6.19. The van der Waals surface area contributed by atoms with Crippen molar-refractivity contribution in [1.29, 1.82) is 0 Å². The van der Waals surface area contributed by atoms with Crippen LogP contribution in [0.1, 0.15) is 46.5 Å². The first-order valence-electron chi connectivity index (χ1n) is 6.23. The van der Waals surface area contributed by atoms with Gasteiger partial charge in [-0.2, -0.15) is 0 Å². The first-order valence-corrected chi connectivity index (χ1v) is 6.76. The van der Waals surface area contributed by atoms with E-state index in [4.69, 9.17) is 11.6 Å². The summed E-state index contributed by atoms with van der Waals surface area (Å²) in [7, 11) is 0. The van der Waals surface area contributed by atoms with Crippen LogP contribution in [0.3, 0.4) is 0 Å². The van der Waals surface area contributed by atoms with Gasteiger partial charge in [-0.15, -0.1) is 11.6 Å². The fourth-order valence-electron chi connectivity index (χ4n) is 1.41. The SMILES string of the molecule is CCCCN(C(=O)NC(=O)CCCl)C(C)CC. The molecule has 0 spiro atoms. The molecule has 0 saturated heterocycles. The van der Waals surface area contributed by atoms with Gasteiger partial charge in [-0.3, -0.25) is 10.1 Å². The summed E-state index contributed by atoms with van der Waals surface area (Å²) in [6, 6.07) is -0.159. The number of hydrogen-bond donors (Lipinski definition) is 1. The predicted octanol–water partition coefficient (Wildman–Crippen LogP) is 2.75. The molecule has 0 aliphatic rings. The molecular weight excluding hydrogens is 240 g/mol. The van der Waals surface area contributed by atoms with Gasteiger partial charge in [0.15, 0.2) is 0 Å². The minimum atomic E-state index is -0.310. The predicted molar refractivity (Wildman–Crippen MR) is 70.2 cm³/mol. The van der Waals surface area contributed by atoms with E-state index < -0.39 is 0 Å². The summed E-state index contributed by atoms with van der Waals surface area (Å²) in [5.74, 6) is -0.0768. The molecule has 0 saturated carbocycles. The number of imide groups is 1. The Balaban J connectivity index is 4.35. The topological polar surface area (TPSA) is 49.4 Å². The number of halogens is 1. The number of unbranched alkanes of at least 4 members (excludes halogenated alkanes) is 1. The molecule has 4 nitrogen and oxygen atoms in total. The standard InChI is InChI=1S/C12H23ClN2O2/c1-4-6-9-15(10(3)5-2)12(17)14-11(16)7-8-13/h10H,4-9H2,1-3H3,(H,14,16,17). The maximum atomic E-state index is 11.9. The minimum absolute atomic E-state index is 0.144. The van der Waals surface area contributed by atoms with Gasteiger partial charge in [0.25, 0.3) is 0 Å². The molecule has 0 aromatic heterocycles. The smallest absolute Gasteiger partial charge is 0.322 e. The number of alkyl halides is 1. The Morgan fingerprint density at radius 2 is 2.00 bits per heavy atom. The van der Waals surface area contributed by atoms with E-state index in [1.807, 2.05) is 13.8 Å². The van der Waals surface area contributed by atoms with Crippen LogP contribution in [0.2, 0.25) is 0 Å². The highest BCUT2D eigenvalue weighted by atomic mass is 35.5. The first-order chi connectivity index (χ1) is 8.06. The molecule has 0 rings (SSSR count). The zero-order chi connectivity index (χ0) is 13.3. The van der Waals surface area contributed by atoms with E-state index in [0.29, 0.717) is 6.54 Å². The molecule has 1 unspecified atom stereocenters. The van der Waals surface area contributed by atoms with E-state index in [9.17, 15) is 9.59 Å². The molecule has 3 amide bonds. The molecule has 0 radical (unpaired) electrons. The maximum absolute atomic E-state index is 11.9. The summed E-state index contributed by atoms with van der Waals surface area (Å²) in [4.78, 5) is 24.9. The lowest BCUT2D eigenvalue weighted by Crippen LogP contribution is -2.47. The second-order valence-corrected chi connectivity index (χ2v) is 4.47. The van der Waals surface area contributed by atoms with E-state index in [1.54, 1.807) is 4.90 Å². The highest BCUT2D eigenvalue weighted by Crippen LogP contribution is 2.06. The van der Waals surface area contributed by atoms with Crippen LogP contribution in [-0.4, -0.2) is 35.3 Å². The molecule has 100 valence electrons. The van der Waals surface area contributed by atoms with Crippen LogP contribution >= 0.6 is 11.6 Å². The Morgan fingerprint density at radius 3 is 2.47 bits per heavy atom. The first kappa shape index (κ1) is 16.2. The average Bonchev–Trinajstić information content (AvgIpc) is 2.29. The average molecular weight is 263 g/mol. The Bertz CT molecular complexity index is 247. The van der Waals surface area contributed by atoms with Gasteiger partial charge in [0.05, 0.1) is 0 Å². The zero-order valence-corrected chi connectivity index (χ0v) is 11.7. The van der Waals surface area contributed by atoms with Crippen LogP contribution < -0.4 is 5.32 Å². The molecular formula is C12H23ClN2O2. The number of carbonyl (C=O) groups excluding carboxylic acids is 2. The Kier molecular flexibility index (Phi) is 8.86. The van der Waals surface area contributed by atoms with Crippen molar-refractivity contribution in [2.24, 2.45) is 0 Å². The van der Waals surface area contributed by atoms with Crippen molar-refractivity contribution in [3.05, 3.63) is 0 Å². The Hall–Kier alpha value is -0.770. The number of nitrogens with zero attached hydrogens (tertiary/aromatic N) is 1. The van der Waals surface area contributed by atoms with Crippen LogP contribution in [0.4, 0.5) is 4.79 Å². The van der Waals surface area contributed by atoms with E-state index in [0.717, 1.165) is 19.3 Å². The zero-order valence-electron chi connectivity index (χ0n) is 11.0. The number of nitrogens with one attached hydrogen (secondary N) is 1. The van der Waals surface area contributed by atoms with E-state index in [-0.39, 0.29) is 30.3 Å². The molecule has 1 N–H and O–H groups in total. The lowest BCUT2D eigenvalue weighted by Gasteiger charge is -2.28. The van der Waals surface area contributed by atoms with Gasteiger partial charge >= 0.3 is 6.03 Å². The highest BCUT2D eigenvalue weighted by Gasteiger charge is 2.19. The van der Waals surface area contributed by atoms with Crippen molar-refractivity contribution in [1.82, 2.24) is 10.2 Å². The minimum Gasteiger partial charge on any atom is -0.322 e.